The lowest BCUT2D eigenvalue weighted by atomic mass is 10.2. The summed E-state index contributed by atoms with van der Waals surface area (Å²) < 4.78 is 31.2. The molecular formula is C15H10N2O4S2. The Morgan fingerprint density at radius 2 is 2.00 bits per heavy atom. The maximum atomic E-state index is 12.5. The van der Waals surface area contributed by atoms with E-state index in [4.69, 9.17) is 4.42 Å². The average molecular weight is 346 g/mol. The molecule has 4 rings (SSSR count). The third-order valence-electron chi connectivity index (χ3n) is 3.50. The van der Waals surface area contributed by atoms with Gasteiger partial charge in [-0.15, -0.1) is 11.3 Å². The van der Waals surface area contributed by atoms with Crippen molar-refractivity contribution in [1.82, 2.24) is 9.29 Å². The topological polar surface area (TPSA) is 80.5 Å². The van der Waals surface area contributed by atoms with Crippen molar-refractivity contribution >= 4 is 27.3 Å². The van der Waals surface area contributed by atoms with E-state index in [0.29, 0.717) is 11.6 Å². The highest BCUT2D eigenvalue weighted by Crippen LogP contribution is 2.31. The number of amides is 1. The fourth-order valence-electron chi connectivity index (χ4n) is 2.43. The molecule has 0 aliphatic carbocycles. The molecule has 1 aliphatic rings. The van der Waals surface area contributed by atoms with Gasteiger partial charge in [-0.05, 0) is 23.6 Å². The summed E-state index contributed by atoms with van der Waals surface area (Å²) in [6.07, 6.45) is 1.38. The van der Waals surface area contributed by atoms with Crippen LogP contribution >= 0.6 is 11.3 Å². The smallest absolute Gasteiger partial charge is 0.269 e. The van der Waals surface area contributed by atoms with Crippen molar-refractivity contribution < 1.29 is 17.6 Å². The molecule has 1 amide bonds. The number of carbonyl (C=O) groups is 1. The molecule has 0 saturated heterocycles. The first-order valence-electron chi connectivity index (χ1n) is 6.72. The molecule has 6 nitrogen and oxygen atoms in total. The Hall–Kier alpha value is -2.45. The number of benzene rings is 1. The number of oxazole rings is 1. The lowest BCUT2D eigenvalue weighted by Crippen LogP contribution is -2.29. The van der Waals surface area contributed by atoms with Crippen LogP contribution in [0.25, 0.3) is 10.8 Å². The van der Waals surface area contributed by atoms with Crippen LogP contribution < -0.4 is 0 Å². The summed E-state index contributed by atoms with van der Waals surface area (Å²) in [6.45, 7) is -0.148. The molecule has 8 heteroatoms. The number of fused-ring (bicyclic) bond motifs is 1. The summed E-state index contributed by atoms with van der Waals surface area (Å²) in [5, 5.41) is 1.89. The van der Waals surface area contributed by atoms with Gasteiger partial charge in [0.15, 0.2) is 0 Å². The number of sulfonamides is 1. The van der Waals surface area contributed by atoms with Gasteiger partial charge in [-0.25, -0.2) is 17.7 Å². The molecule has 0 N–H and O–H groups in total. The number of nitrogens with zero attached hydrogens (tertiary/aromatic N) is 2. The van der Waals surface area contributed by atoms with E-state index in [1.165, 1.54) is 29.7 Å². The normalized spacial score (nSPS) is 15.8. The van der Waals surface area contributed by atoms with E-state index < -0.39 is 15.9 Å². The number of hydrogen-bond acceptors (Lipinski definition) is 6. The number of thiophene rings is 1. The summed E-state index contributed by atoms with van der Waals surface area (Å²) >= 11 is 1.47. The van der Waals surface area contributed by atoms with Crippen molar-refractivity contribution in [3.63, 3.8) is 0 Å². The van der Waals surface area contributed by atoms with Gasteiger partial charge in [0.1, 0.15) is 16.9 Å². The van der Waals surface area contributed by atoms with E-state index in [0.717, 1.165) is 9.18 Å². The van der Waals surface area contributed by atoms with Crippen molar-refractivity contribution in [3.8, 4) is 10.8 Å². The molecule has 0 spiro atoms. The highest BCUT2D eigenvalue weighted by atomic mass is 32.2. The molecule has 3 heterocycles. The van der Waals surface area contributed by atoms with Gasteiger partial charge < -0.3 is 4.42 Å². The number of carbonyl (C=O) groups excluding carboxylic acids is 1. The molecule has 116 valence electrons. The van der Waals surface area contributed by atoms with Crippen molar-refractivity contribution in [2.75, 3.05) is 0 Å². The minimum absolute atomic E-state index is 0.0342. The monoisotopic (exact) mass is 346 g/mol. The van der Waals surface area contributed by atoms with Crippen LogP contribution in [0.3, 0.4) is 0 Å². The van der Waals surface area contributed by atoms with Crippen LogP contribution in [-0.2, 0) is 16.6 Å². The minimum Gasteiger partial charge on any atom is -0.443 e. The number of rotatable bonds is 3. The van der Waals surface area contributed by atoms with Gasteiger partial charge in [0.2, 0.25) is 5.89 Å². The molecule has 0 fully saturated rings. The third-order valence-corrected chi connectivity index (χ3v) is 6.15. The standard InChI is InChI=1S/C15H10N2O4S2/c18-15-11-4-1-2-6-13(11)23(19,20)17(15)8-10-9-21-14(16-10)12-5-3-7-22-12/h1-7,9H,8H2. The van der Waals surface area contributed by atoms with Gasteiger partial charge in [-0.1, -0.05) is 18.2 Å². The lowest BCUT2D eigenvalue weighted by molar-refractivity contribution is 0.0864. The van der Waals surface area contributed by atoms with Crippen molar-refractivity contribution in [1.29, 1.82) is 0 Å². The average Bonchev–Trinajstić information content (AvgIpc) is 3.25. The largest absolute Gasteiger partial charge is 0.443 e. The summed E-state index contributed by atoms with van der Waals surface area (Å²) in [4.78, 5) is 17.5. The van der Waals surface area contributed by atoms with Gasteiger partial charge in [0, 0.05) is 0 Å². The highest BCUT2D eigenvalue weighted by Gasteiger charge is 2.41. The SMILES string of the molecule is O=C1c2ccccc2S(=O)(=O)N1Cc1coc(-c2cccs2)n1. The second-order valence-corrected chi connectivity index (χ2v) is 7.71. The molecule has 1 aromatic carbocycles. The third kappa shape index (κ3) is 2.18. The molecule has 3 aromatic rings. The van der Waals surface area contributed by atoms with Gasteiger partial charge in [-0.2, -0.15) is 0 Å². The Bertz CT molecular complexity index is 990. The molecule has 1 aliphatic heterocycles. The first-order valence-corrected chi connectivity index (χ1v) is 9.04. The molecule has 0 atom stereocenters. The predicted molar refractivity (Wildman–Crippen MR) is 83.3 cm³/mol. The second kappa shape index (κ2) is 5.04. The number of hydrogen-bond donors (Lipinski definition) is 0. The van der Waals surface area contributed by atoms with E-state index >= 15 is 0 Å². The van der Waals surface area contributed by atoms with Crippen LogP contribution in [0.5, 0.6) is 0 Å². The Balaban J connectivity index is 1.67. The Morgan fingerprint density at radius 1 is 1.17 bits per heavy atom. The maximum Gasteiger partial charge on any atom is 0.269 e. The van der Waals surface area contributed by atoms with Crippen LogP contribution in [-0.4, -0.2) is 23.6 Å². The summed E-state index contributed by atoms with van der Waals surface area (Å²) in [6, 6.07) is 9.90. The molecule has 0 unspecified atom stereocenters. The molecule has 2 aromatic heterocycles. The second-order valence-electron chi connectivity index (χ2n) is 4.93. The fourth-order valence-corrected chi connectivity index (χ4v) is 4.62. The van der Waals surface area contributed by atoms with Crippen LogP contribution in [0.4, 0.5) is 0 Å². The van der Waals surface area contributed by atoms with Gasteiger partial charge in [0.25, 0.3) is 15.9 Å². The summed E-state index contributed by atoms with van der Waals surface area (Å²) in [5.74, 6) is -0.127. The van der Waals surface area contributed by atoms with E-state index in [-0.39, 0.29) is 17.0 Å². The van der Waals surface area contributed by atoms with Gasteiger partial charge in [-0.3, -0.25) is 4.79 Å². The fraction of sp³-hybridized carbons (Fsp3) is 0.0667. The van der Waals surface area contributed by atoms with Crippen molar-refractivity contribution in [3.05, 3.63) is 59.3 Å². The van der Waals surface area contributed by atoms with Crippen LogP contribution in [0.1, 0.15) is 16.1 Å². The van der Waals surface area contributed by atoms with Crippen molar-refractivity contribution in [2.45, 2.75) is 11.4 Å². The molecule has 0 bridgehead atoms. The lowest BCUT2D eigenvalue weighted by Gasteiger charge is -2.12. The van der Waals surface area contributed by atoms with Crippen LogP contribution in [0.15, 0.2) is 57.4 Å². The van der Waals surface area contributed by atoms with Crippen LogP contribution in [0.2, 0.25) is 0 Å². The van der Waals surface area contributed by atoms with E-state index in [2.05, 4.69) is 4.98 Å². The van der Waals surface area contributed by atoms with Crippen LogP contribution in [0, 0.1) is 0 Å². The molecule has 23 heavy (non-hydrogen) atoms. The van der Waals surface area contributed by atoms with Gasteiger partial charge >= 0.3 is 0 Å². The first-order chi connectivity index (χ1) is 11.1. The van der Waals surface area contributed by atoms with E-state index in [1.54, 1.807) is 12.1 Å². The quantitative estimate of drug-likeness (QED) is 0.728. The zero-order valence-electron chi connectivity index (χ0n) is 11.7. The van der Waals surface area contributed by atoms with Crippen molar-refractivity contribution in [2.24, 2.45) is 0 Å². The maximum absolute atomic E-state index is 12.5. The Morgan fingerprint density at radius 3 is 2.74 bits per heavy atom. The first kappa shape index (κ1) is 14.2. The van der Waals surface area contributed by atoms with Gasteiger partial charge in [0.05, 0.1) is 17.0 Å². The zero-order valence-corrected chi connectivity index (χ0v) is 13.3. The zero-order chi connectivity index (χ0) is 16.0. The van der Waals surface area contributed by atoms with E-state index in [1.807, 2.05) is 17.5 Å². The molecule has 0 radical (unpaired) electrons. The minimum atomic E-state index is -3.83. The Kier molecular flexibility index (Phi) is 3.10. The predicted octanol–water partition coefficient (Wildman–Crippen LogP) is 2.75. The Labute approximate surface area is 136 Å². The number of aromatic nitrogens is 1. The molecular weight excluding hydrogens is 336 g/mol. The summed E-state index contributed by atoms with van der Waals surface area (Å²) in [5.41, 5.74) is 0.576. The van der Waals surface area contributed by atoms with E-state index in [9.17, 15) is 13.2 Å². The highest BCUT2D eigenvalue weighted by molar-refractivity contribution is 7.90. The summed E-state index contributed by atoms with van der Waals surface area (Å²) in [7, 11) is -3.83. The molecule has 0 saturated carbocycles.